The van der Waals surface area contributed by atoms with Crippen molar-refractivity contribution in [3.05, 3.63) is 29.3 Å². The van der Waals surface area contributed by atoms with Crippen molar-refractivity contribution in [2.75, 3.05) is 13.1 Å². The number of aryl methyl sites for hydroxylation is 1. The number of fused-ring (bicyclic) bond motifs is 1. The first-order valence-electron chi connectivity index (χ1n) is 12.7. The highest BCUT2D eigenvalue weighted by molar-refractivity contribution is 7.89. The maximum atomic E-state index is 13.8. The molecule has 3 fully saturated rings. The third-order valence-corrected chi connectivity index (χ3v) is 10.3. The van der Waals surface area contributed by atoms with Gasteiger partial charge in [0.1, 0.15) is 0 Å². The third kappa shape index (κ3) is 4.77. The molecule has 0 radical (unpaired) electrons. The minimum atomic E-state index is -3.67. The number of nitrogens with zero attached hydrogens (tertiary/aromatic N) is 2. The molecule has 1 aromatic rings. The molecule has 0 bridgehead atoms. The lowest BCUT2D eigenvalue weighted by molar-refractivity contribution is 0.0520. The van der Waals surface area contributed by atoms with Gasteiger partial charge in [0, 0.05) is 30.7 Å². The number of piperidine rings is 1. The Morgan fingerprint density at radius 3 is 2.31 bits per heavy atom. The molecule has 4 rings (SSSR count). The van der Waals surface area contributed by atoms with Crippen molar-refractivity contribution < 1.29 is 13.2 Å². The fourth-order valence-electron chi connectivity index (χ4n) is 6.32. The zero-order valence-electron chi connectivity index (χ0n) is 20.1. The maximum Gasteiger partial charge on any atom is 0.253 e. The summed E-state index contributed by atoms with van der Waals surface area (Å²) in [7, 11) is -3.67. The van der Waals surface area contributed by atoms with E-state index < -0.39 is 10.0 Å². The predicted molar refractivity (Wildman–Crippen MR) is 128 cm³/mol. The SMILES string of the molecule is Cc1ccc(C(=O)N2CCC3CCCCC3C2)cc1S(=O)(=O)N(C(C)C)C1CCCCC1. The lowest BCUT2D eigenvalue weighted by atomic mass is 9.75. The van der Waals surface area contributed by atoms with E-state index in [2.05, 4.69) is 0 Å². The summed E-state index contributed by atoms with van der Waals surface area (Å²) < 4.78 is 29.4. The van der Waals surface area contributed by atoms with Crippen molar-refractivity contribution in [2.24, 2.45) is 11.8 Å². The van der Waals surface area contributed by atoms with Crippen LogP contribution in [-0.2, 0) is 10.0 Å². The molecule has 1 aromatic carbocycles. The van der Waals surface area contributed by atoms with Gasteiger partial charge in [-0.2, -0.15) is 4.31 Å². The largest absolute Gasteiger partial charge is 0.338 e. The Bertz CT molecular complexity index is 921. The van der Waals surface area contributed by atoms with E-state index in [9.17, 15) is 13.2 Å². The summed E-state index contributed by atoms with van der Waals surface area (Å²) >= 11 is 0. The molecule has 6 heteroatoms. The molecule has 3 aliphatic rings. The van der Waals surface area contributed by atoms with Crippen molar-refractivity contribution in [1.82, 2.24) is 9.21 Å². The van der Waals surface area contributed by atoms with E-state index in [4.69, 9.17) is 0 Å². The van der Waals surface area contributed by atoms with Crippen LogP contribution in [0.3, 0.4) is 0 Å². The number of sulfonamides is 1. The summed E-state index contributed by atoms with van der Waals surface area (Å²) in [5.41, 5.74) is 1.23. The Kier molecular flexibility index (Phi) is 7.30. The van der Waals surface area contributed by atoms with E-state index in [0.717, 1.165) is 51.1 Å². The minimum absolute atomic E-state index is 0.0146. The topological polar surface area (TPSA) is 57.7 Å². The zero-order valence-corrected chi connectivity index (χ0v) is 20.9. The number of carbonyl (C=O) groups excluding carboxylic acids is 1. The normalized spacial score (nSPS) is 25.2. The molecule has 2 atom stereocenters. The molecule has 2 aliphatic carbocycles. The van der Waals surface area contributed by atoms with E-state index in [0.29, 0.717) is 21.9 Å². The fourth-order valence-corrected chi connectivity index (χ4v) is 8.46. The molecule has 178 valence electrons. The number of hydrogen-bond acceptors (Lipinski definition) is 3. The molecule has 32 heavy (non-hydrogen) atoms. The molecule has 1 saturated heterocycles. The minimum Gasteiger partial charge on any atom is -0.338 e. The first-order chi connectivity index (χ1) is 15.3. The Labute approximate surface area is 194 Å². The average Bonchev–Trinajstić information content (AvgIpc) is 2.79. The average molecular weight is 461 g/mol. The zero-order chi connectivity index (χ0) is 22.9. The molecule has 0 aromatic heterocycles. The van der Waals surface area contributed by atoms with Crippen LogP contribution in [0, 0.1) is 18.8 Å². The highest BCUT2D eigenvalue weighted by atomic mass is 32.2. The number of carbonyl (C=O) groups is 1. The van der Waals surface area contributed by atoms with Crippen molar-refractivity contribution in [3.63, 3.8) is 0 Å². The van der Waals surface area contributed by atoms with Gasteiger partial charge in [0.05, 0.1) is 4.90 Å². The van der Waals surface area contributed by atoms with Gasteiger partial charge in [0.2, 0.25) is 10.0 Å². The summed E-state index contributed by atoms with van der Waals surface area (Å²) in [4.78, 5) is 15.7. The summed E-state index contributed by atoms with van der Waals surface area (Å²) in [6, 6.07) is 5.22. The Morgan fingerprint density at radius 2 is 1.62 bits per heavy atom. The van der Waals surface area contributed by atoms with Gasteiger partial charge in [-0.3, -0.25) is 4.79 Å². The van der Waals surface area contributed by atoms with Crippen LogP contribution in [0.2, 0.25) is 0 Å². The second kappa shape index (κ2) is 9.84. The van der Waals surface area contributed by atoms with Gasteiger partial charge in [0.15, 0.2) is 0 Å². The lowest BCUT2D eigenvalue weighted by Gasteiger charge is -2.41. The van der Waals surface area contributed by atoms with Crippen LogP contribution in [0.5, 0.6) is 0 Å². The molecule has 1 amide bonds. The van der Waals surface area contributed by atoms with Crippen LogP contribution in [-0.4, -0.2) is 48.7 Å². The standard InChI is InChI=1S/C26H40N2O3S/c1-19(2)28(24-11-5-4-6-12-24)32(30,31)25-17-22(14-13-20(25)3)26(29)27-16-15-21-9-7-8-10-23(21)18-27/h13-14,17,19,21,23-24H,4-12,15-16,18H2,1-3H3. The second-order valence-corrected chi connectivity index (χ2v) is 12.4. The first kappa shape index (κ1) is 23.7. The monoisotopic (exact) mass is 460 g/mol. The van der Waals surface area contributed by atoms with Gasteiger partial charge in [-0.25, -0.2) is 8.42 Å². The van der Waals surface area contributed by atoms with Crippen LogP contribution in [0.15, 0.2) is 23.1 Å². The molecular formula is C26H40N2O3S. The quantitative estimate of drug-likeness (QED) is 0.593. The van der Waals surface area contributed by atoms with Gasteiger partial charge in [-0.1, -0.05) is 44.6 Å². The van der Waals surface area contributed by atoms with Gasteiger partial charge in [-0.15, -0.1) is 0 Å². The van der Waals surface area contributed by atoms with Crippen LogP contribution in [0.4, 0.5) is 0 Å². The highest BCUT2D eigenvalue weighted by Gasteiger charge is 2.37. The number of amides is 1. The smallest absolute Gasteiger partial charge is 0.253 e. The Hall–Kier alpha value is -1.40. The number of rotatable bonds is 5. The maximum absolute atomic E-state index is 13.8. The molecule has 2 unspecified atom stereocenters. The van der Waals surface area contributed by atoms with Crippen LogP contribution >= 0.6 is 0 Å². The summed E-state index contributed by atoms with van der Waals surface area (Å²) in [6.07, 6.45) is 11.4. The molecule has 1 heterocycles. The predicted octanol–water partition coefficient (Wildman–Crippen LogP) is 5.38. The van der Waals surface area contributed by atoms with Crippen LogP contribution in [0.25, 0.3) is 0 Å². The van der Waals surface area contributed by atoms with Gasteiger partial charge >= 0.3 is 0 Å². The summed E-state index contributed by atoms with van der Waals surface area (Å²) in [5.74, 6) is 1.36. The molecule has 2 saturated carbocycles. The van der Waals surface area contributed by atoms with Gasteiger partial charge in [-0.05, 0) is 76.0 Å². The van der Waals surface area contributed by atoms with E-state index in [-0.39, 0.29) is 18.0 Å². The molecule has 0 N–H and O–H groups in total. The first-order valence-corrected chi connectivity index (χ1v) is 14.2. The van der Waals surface area contributed by atoms with E-state index in [1.807, 2.05) is 37.8 Å². The van der Waals surface area contributed by atoms with Crippen molar-refractivity contribution in [3.8, 4) is 0 Å². The number of hydrogen-bond donors (Lipinski definition) is 0. The Balaban J connectivity index is 1.59. The van der Waals surface area contributed by atoms with Crippen LogP contribution < -0.4 is 0 Å². The molecule has 5 nitrogen and oxygen atoms in total. The number of likely N-dealkylation sites (tertiary alicyclic amines) is 1. The van der Waals surface area contributed by atoms with E-state index in [1.165, 1.54) is 32.1 Å². The number of benzene rings is 1. The molecule has 1 aliphatic heterocycles. The third-order valence-electron chi connectivity index (χ3n) is 8.01. The summed E-state index contributed by atoms with van der Waals surface area (Å²) in [5, 5.41) is 0. The lowest BCUT2D eigenvalue weighted by Crippen LogP contribution is -2.46. The van der Waals surface area contributed by atoms with Crippen molar-refractivity contribution in [2.45, 2.75) is 102 Å². The van der Waals surface area contributed by atoms with Gasteiger partial charge in [0.25, 0.3) is 5.91 Å². The van der Waals surface area contributed by atoms with E-state index >= 15 is 0 Å². The Morgan fingerprint density at radius 1 is 0.969 bits per heavy atom. The summed E-state index contributed by atoms with van der Waals surface area (Å²) in [6.45, 7) is 7.37. The fraction of sp³-hybridized carbons (Fsp3) is 0.731. The second-order valence-electron chi connectivity index (χ2n) is 10.5. The van der Waals surface area contributed by atoms with Crippen molar-refractivity contribution >= 4 is 15.9 Å². The van der Waals surface area contributed by atoms with Gasteiger partial charge < -0.3 is 4.90 Å². The highest BCUT2D eigenvalue weighted by Crippen LogP contribution is 2.37. The molecular weight excluding hydrogens is 420 g/mol. The van der Waals surface area contributed by atoms with Crippen LogP contribution in [0.1, 0.15) is 94.0 Å². The van der Waals surface area contributed by atoms with Crippen molar-refractivity contribution in [1.29, 1.82) is 0 Å². The molecule has 0 spiro atoms. The van der Waals surface area contributed by atoms with E-state index in [1.54, 1.807) is 10.4 Å².